The highest BCUT2D eigenvalue weighted by Gasteiger charge is 2.11. The fourth-order valence-corrected chi connectivity index (χ4v) is 2.43. The molecular formula is C20H35NO. The number of ether oxygens (including phenoxy) is 1. The largest absolute Gasteiger partial charge is 0.383 e. The lowest BCUT2D eigenvalue weighted by Gasteiger charge is -2.18. The van der Waals surface area contributed by atoms with Crippen LogP contribution in [-0.2, 0) is 11.2 Å². The van der Waals surface area contributed by atoms with Crippen molar-refractivity contribution >= 4 is 5.69 Å². The van der Waals surface area contributed by atoms with Crippen LogP contribution in [0, 0.1) is 10.8 Å². The Morgan fingerprint density at radius 2 is 1.50 bits per heavy atom. The first-order valence-corrected chi connectivity index (χ1v) is 8.56. The number of rotatable bonds is 8. The van der Waals surface area contributed by atoms with E-state index in [1.54, 1.807) is 0 Å². The lowest BCUT2D eigenvalue weighted by Crippen LogP contribution is -2.12. The van der Waals surface area contributed by atoms with Gasteiger partial charge in [-0.2, -0.15) is 0 Å². The molecule has 0 heterocycles. The Morgan fingerprint density at radius 1 is 0.864 bits per heavy atom. The topological polar surface area (TPSA) is 21.3 Å². The van der Waals surface area contributed by atoms with E-state index in [0.717, 1.165) is 32.6 Å². The van der Waals surface area contributed by atoms with Gasteiger partial charge in [-0.15, -0.1) is 0 Å². The molecule has 0 fully saturated rings. The van der Waals surface area contributed by atoms with E-state index in [4.69, 9.17) is 4.74 Å². The smallest absolute Gasteiger partial charge is 0.0639 e. The Hall–Kier alpha value is -1.02. The van der Waals surface area contributed by atoms with Crippen LogP contribution in [0.25, 0.3) is 0 Å². The maximum atomic E-state index is 5.68. The predicted molar refractivity (Wildman–Crippen MR) is 97.6 cm³/mol. The fourth-order valence-electron chi connectivity index (χ4n) is 2.43. The first-order valence-electron chi connectivity index (χ1n) is 8.56. The summed E-state index contributed by atoms with van der Waals surface area (Å²) in [6, 6.07) is 8.77. The van der Waals surface area contributed by atoms with Crippen molar-refractivity contribution in [2.45, 2.75) is 60.8 Å². The Morgan fingerprint density at radius 3 is 2.05 bits per heavy atom. The van der Waals surface area contributed by atoms with Gasteiger partial charge in [-0.1, -0.05) is 53.7 Å². The third kappa shape index (κ3) is 9.83. The summed E-state index contributed by atoms with van der Waals surface area (Å²) in [6.07, 6.45) is 3.48. The quantitative estimate of drug-likeness (QED) is 0.638. The highest BCUT2D eigenvalue weighted by Crippen LogP contribution is 2.22. The molecule has 1 N–H and O–H groups in total. The number of hydrogen-bond donors (Lipinski definition) is 1. The molecule has 0 aliphatic carbocycles. The summed E-state index contributed by atoms with van der Waals surface area (Å²) < 4.78 is 5.68. The maximum Gasteiger partial charge on any atom is 0.0639 e. The molecule has 0 aliphatic rings. The van der Waals surface area contributed by atoms with Crippen LogP contribution in [-0.4, -0.2) is 19.8 Å². The van der Waals surface area contributed by atoms with Crippen LogP contribution in [0.5, 0.6) is 0 Å². The fraction of sp³-hybridized carbons (Fsp3) is 0.700. The summed E-state index contributed by atoms with van der Waals surface area (Å²) in [5, 5.41) is 3.42. The van der Waals surface area contributed by atoms with Crippen molar-refractivity contribution in [1.29, 1.82) is 0 Å². The summed E-state index contributed by atoms with van der Waals surface area (Å²) in [5.74, 6) is 0. The summed E-state index contributed by atoms with van der Waals surface area (Å²) in [7, 11) is 0. The molecule has 0 aliphatic heterocycles. The van der Waals surface area contributed by atoms with Crippen LogP contribution in [0.1, 0.15) is 59.9 Å². The van der Waals surface area contributed by atoms with E-state index in [1.165, 1.54) is 17.7 Å². The number of nitrogens with one attached hydrogen (secondary N) is 1. The first kappa shape index (κ1) is 19.0. The van der Waals surface area contributed by atoms with Crippen molar-refractivity contribution in [3.05, 3.63) is 29.8 Å². The zero-order valence-corrected chi connectivity index (χ0v) is 15.5. The predicted octanol–water partition coefficient (Wildman–Crippen LogP) is 5.53. The average Bonchev–Trinajstić information content (AvgIpc) is 2.36. The average molecular weight is 306 g/mol. The van der Waals surface area contributed by atoms with Gasteiger partial charge in [0, 0.05) is 18.8 Å². The lowest BCUT2D eigenvalue weighted by atomic mass is 9.88. The van der Waals surface area contributed by atoms with E-state index >= 15 is 0 Å². The molecule has 0 unspecified atom stereocenters. The third-order valence-electron chi connectivity index (χ3n) is 3.48. The molecule has 0 saturated carbocycles. The Bertz CT molecular complexity index is 409. The van der Waals surface area contributed by atoms with Gasteiger partial charge in [-0.3, -0.25) is 0 Å². The normalized spacial score (nSPS) is 12.5. The number of hydrogen-bond acceptors (Lipinski definition) is 2. The van der Waals surface area contributed by atoms with Crippen LogP contribution in [0.2, 0.25) is 0 Å². The van der Waals surface area contributed by atoms with Crippen LogP contribution >= 0.6 is 0 Å². The van der Waals surface area contributed by atoms with Gasteiger partial charge in [0.25, 0.3) is 0 Å². The van der Waals surface area contributed by atoms with Crippen molar-refractivity contribution in [2.24, 2.45) is 10.8 Å². The van der Waals surface area contributed by atoms with Gasteiger partial charge in [-0.05, 0) is 47.8 Å². The maximum absolute atomic E-state index is 5.68. The second-order valence-corrected chi connectivity index (χ2v) is 8.64. The molecule has 0 bridgehead atoms. The second kappa shape index (κ2) is 8.57. The molecule has 0 amide bonds. The van der Waals surface area contributed by atoms with Gasteiger partial charge < -0.3 is 10.1 Å². The molecule has 0 aromatic heterocycles. The van der Waals surface area contributed by atoms with E-state index in [-0.39, 0.29) is 0 Å². The molecule has 0 radical (unpaired) electrons. The van der Waals surface area contributed by atoms with E-state index in [9.17, 15) is 0 Å². The first-order chi connectivity index (χ1) is 10.2. The van der Waals surface area contributed by atoms with E-state index in [0.29, 0.717) is 10.8 Å². The van der Waals surface area contributed by atoms with Gasteiger partial charge in [-0.25, -0.2) is 0 Å². The lowest BCUT2D eigenvalue weighted by molar-refractivity contribution is 0.131. The van der Waals surface area contributed by atoms with Crippen molar-refractivity contribution in [1.82, 2.24) is 0 Å². The molecule has 126 valence electrons. The zero-order chi connectivity index (χ0) is 16.6. The second-order valence-electron chi connectivity index (χ2n) is 8.64. The molecule has 0 atom stereocenters. The van der Waals surface area contributed by atoms with Gasteiger partial charge in [0.2, 0.25) is 0 Å². The van der Waals surface area contributed by atoms with Crippen molar-refractivity contribution in [2.75, 3.05) is 25.1 Å². The van der Waals surface area contributed by atoms with Crippen LogP contribution in [0.4, 0.5) is 5.69 Å². The minimum atomic E-state index is 0.343. The Labute approximate surface area is 137 Å². The minimum Gasteiger partial charge on any atom is -0.383 e. The van der Waals surface area contributed by atoms with E-state index in [1.807, 2.05) is 0 Å². The summed E-state index contributed by atoms with van der Waals surface area (Å²) >= 11 is 0. The van der Waals surface area contributed by atoms with Gasteiger partial charge >= 0.3 is 0 Å². The molecule has 2 heteroatoms. The van der Waals surface area contributed by atoms with E-state index < -0.39 is 0 Å². The number of anilines is 1. The van der Waals surface area contributed by atoms with E-state index in [2.05, 4.69) is 71.1 Å². The molecular weight excluding hydrogens is 270 g/mol. The SMILES string of the molecule is CC(C)(C)CCCOCCNc1ccc(CC(C)(C)C)cc1. The Kier molecular flexibility index (Phi) is 7.41. The molecule has 0 spiro atoms. The highest BCUT2D eigenvalue weighted by atomic mass is 16.5. The molecule has 2 nitrogen and oxygen atoms in total. The standard InChI is InChI=1S/C20H35NO/c1-19(2,3)12-7-14-22-15-13-21-18-10-8-17(9-11-18)16-20(4,5)6/h8-11,21H,7,12-16H2,1-6H3. The van der Waals surface area contributed by atoms with Crippen molar-refractivity contribution in [3.8, 4) is 0 Å². The molecule has 1 aromatic rings. The van der Waals surface area contributed by atoms with Gasteiger partial charge in [0.15, 0.2) is 0 Å². The third-order valence-corrected chi connectivity index (χ3v) is 3.48. The summed E-state index contributed by atoms with van der Waals surface area (Å²) in [5.41, 5.74) is 3.33. The summed E-state index contributed by atoms with van der Waals surface area (Å²) in [4.78, 5) is 0. The summed E-state index contributed by atoms with van der Waals surface area (Å²) in [6.45, 7) is 16.2. The van der Waals surface area contributed by atoms with Crippen LogP contribution in [0.15, 0.2) is 24.3 Å². The minimum absolute atomic E-state index is 0.343. The van der Waals surface area contributed by atoms with Crippen LogP contribution < -0.4 is 5.32 Å². The van der Waals surface area contributed by atoms with Crippen molar-refractivity contribution < 1.29 is 4.74 Å². The molecule has 0 saturated heterocycles. The van der Waals surface area contributed by atoms with Crippen LogP contribution in [0.3, 0.4) is 0 Å². The van der Waals surface area contributed by atoms with Gasteiger partial charge in [0.05, 0.1) is 6.61 Å². The Balaban J connectivity index is 2.15. The number of benzene rings is 1. The molecule has 22 heavy (non-hydrogen) atoms. The molecule has 1 aromatic carbocycles. The van der Waals surface area contributed by atoms with Crippen molar-refractivity contribution in [3.63, 3.8) is 0 Å². The zero-order valence-electron chi connectivity index (χ0n) is 15.5. The highest BCUT2D eigenvalue weighted by molar-refractivity contribution is 5.44. The van der Waals surface area contributed by atoms with Gasteiger partial charge in [0.1, 0.15) is 0 Å². The molecule has 1 rings (SSSR count). The monoisotopic (exact) mass is 305 g/mol.